The lowest BCUT2D eigenvalue weighted by molar-refractivity contribution is -0.149. The molecule has 0 unspecified atom stereocenters. The van der Waals surface area contributed by atoms with Crippen LogP contribution in [0.5, 0.6) is 11.5 Å². The monoisotopic (exact) mass is 569 g/mol. The van der Waals surface area contributed by atoms with Gasteiger partial charge in [-0.1, -0.05) is 35.9 Å². The SMILES string of the molecule is C=CCc1cc(C=Nn2c([C@@H](C)CC)nc3ccc(Br)cc3c2=O)cc(OC)c1OCC(=O)OC(C)C. The van der Waals surface area contributed by atoms with Crippen LogP contribution >= 0.6 is 15.9 Å². The van der Waals surface area contributed by atoms with Gasteiger partial charge in [0.25, 0.3) is 5.56 Å². The molecule has 0 spiro atoms. The van der Waals surface area contributed by atoms with E-state index in [1.807, 2.05) is 32.0 Å². The number of carbonyl (C=O) groups excluding carboxylic acids is 1. The van der Waals surface area contributed by atoms with Crippen LogP contribution < -0.4 is 15.0 Å². The number of hydrogen-bond donors (Lipinski definition) is 0. The summed E-state index contributed by atoms with van der Waals surface area (Å²) in [5.41, 5.74) is 1.81. The molecule has 0 radical (unpaired) electrons. The van der Waals surface area contributed by atoms with Crippen LogP contribution in [0.25, 0.3) is 10.9 Å². The fourth-order valence-electron chi connectivity index (χ4n) is 3.71. The molecule has 8 nitrogen and oxygen atoms in total. The van der Waals surface area contributed by atoms with Gasteiger partial charge in [-0.3, -0.25) is 4.79 Å². The first kappa shape index (κ1) is 28.1. The van der Waals surface area contributed by atoms with Gasteiger partial charge in [-0.15, -0.1) is 6.58 Å². The van der Waals surface area contributed by atoms with Gasteiger partial charge in [-0.2, -0.15) is 9.78 Å². The zero-order chi connectivity index (χ0) is 27.1. The largest absolute Gasteiger partial charge is 0.493 e. The number of esters is 1. The van der Waals surface area contributed by atoms with Gasteiger partial charge in [-0.25, -0.2) is 9.78 Å². The van der Waals surface area contributed by atoms with Crippen molar-refractivity contribution in [2.24, 2.45) is 5.10 Å². The first-order chi connectivity index (χ1) is 17.7. The van der Waals surface area contributed by atoms with Crippen molar-refractivity contribution < 1.29 is 19.0 Å². The Kier molecular flexibility index (Phi) is 9.63. The maximum atomic E-state index is 13.4. The van der Waals surface area contributed by atoms with E-state index in [2.05, 4.69) is 27.6 Å². The normalized spacial score (nSPS) is 12.2. The van der Waals surface area contributed by atoms with Crippen molar-refractivity contribution in [3.05, 3.63) is 74.8 Å². The van der Waals surface area contributed by atoms with Crippen LogP contribution in [-0.2, 0) is 16.0 Å². The molecule has 3 aromatic rings. The number of ether oxygens (including phenoxy) is 3. The number of fused-ring (bicyclic) bond motifs is 1. The van der Waals surface area contributed by atoms with Crippen LogP contribution in [0.3, 0.4) is 0 Å². The van der Waals surface area contributed by atoms with E-state index in [-0.39, 0.29) is 24.2 Å². The first-order valence-corrected chi connectivity index (χ1v) is 12.9. The second kappa shape index (κ2) is 12.7. The summed E-state index contributed by atoms with van der Waals surface area (Å²) in [5.74, 6) is 0.980. The molecule has 0 aliphatic carbocycles. The lowest BCUT2D eigenvalue weighted by atomic mass is 10.1. The quantitative estimate of drug-likeness (QED) is 0.169. The lowest BCUT2D eigenvalue weighted by Gasteiger charge is -2.16. The standard InChI is InChI=1S/C28H32BrN3O5/c1-7-9-20-12-19(13-24(35-6)26(20)36-16-25(33)37-17(3)4)15-30-32-27(18(5)8-2)31-23-11-10-21(29)14-22(23)28(32)34/h7,10-15,17-18H,1,8-9,16H2,2-6H3/t18-/m0/s1. The molecule has 0 saturated carbocycles. The number of nitrogens with zero attached hydrogens (tertiary/aromatic N) is 3. The molecular formula is C28H32BrN3O5. The topological polar surface area (TPSA) is 92.0 Å². The van der Waals surface area contributed by atoms with E-state index < -0.39 is 5.97 Å². The molecule has 196 valence electrons. The Morgan fingerprint density at radius 1 is 1.24 bits per heavy atom. The molecule has 0 aliphatic rings. The van der Waals surface area contributed by atoms with Crippen LogP contribution in [0.2, 0.25) is 0 Å². The number of benzene rings is 2. The van der Waals surface area contributed by atoms with Crippen molar-refractivity contribution >= 4 is 39.0 Å². The minimum atomic E-state index is -0.473. The lowest BCUT2D eigenvalue weighted by Crippen LogP contribution is -2.23. The predicted octanol–water partition coefficient (Wildman–Crippen LogP) is 5.62. The van der Waals surface area contributed by atoms with Gasteiger partial charge in [0.1, 0.15) is 5.82 Å². The third-order valence-electron chi connectivity index (χ3n) is 5.65. The van der Waals surface area contributed by atoms with Crippen molar-refractivity contribution in [2.45, 2.75) is 52.6 Å². The second-order valence-corrected chi connectivity index (χ2v) is 9.75. The van der Waals surface area contributed by atoms with Crippen molar-refractivity contribution in [3.63, 3.8) is 0 Å². The highest BCUT2D eigenvalue weighted by molar-refractivity contribution is 9.10. The van der Waals surface area contributed by atoms with Crippen LogP contribution in [0.1, 0.15) is 57.0 Å². The van der Waals surface area contributed by atoms with Crippen molar-refractivity contribution in [1.82, 2.24) is 9.66 Å². The van der Waals surface area contributed by atoms with E-state index in [1.54, 1.807) is 38.3 Å². The summed E-state index contributed by atoms with van der Waals surface area (Å²) >= 11 is 3.43. The number of hydrogen-bond acceptors (Lipinski definition) is 7. The Balaban J connectivity index is 2.06. The maximum absolute atomic E-state index is 13.4. The molecular weight excluding hydrogens is 538 g/mol. The Morgan fingerprint density at radius 2 is 2.00 bits per heavy atom. The Hall–Kier alpha value is -3.46. The predicted molar refractivity (Wildman–Crippen MR) is 149 cm³/mol. The molecule has 1 atom stereocenters. The fourth-order valence-corrected chi connectivity index (χ4v) is 4.07. The molecule has 0 bridgehead atoms. The number of halogens is 1. The zero-order valence-corrected chi connectivity index (χ0v) is 23.4. The van der Waals surface area contributed by atoms with Gasteiger partial charge >= 0.3 is 5.97 Å². The highest BCUT2D eigenvalue weighted by atomic mass is 79.9. The zero-order valence-electron chi connectivity index (χ0n) is 21.8. The molecule has 0 amide bonds. The number of carbonyl (C=O) groups is 1. The molecule has 0 saturated heterocycles. The minimum absolute atomic E-state index is 0.0186. The molecule has 1 aromatic heterocycles. The molecule has 3 rings (SSSR count). The summed E-state index contributed by atoms with van der Waals surface area (Å²) in [6.07, 6.45) is 4.35. The molecule has 9 heteroatoms. The van der Waals surface area contributed by atoms with E-state index in [4.69, 9.17) is 19.2 Å². The van der Waals surface area contributed by atoms with Gasteiger partial charge in [-0.05, 0) is 62.6 Å². The summed E-state index contributed by atoms with van der Waals surface area (Å²) in [7, 11) is 1.52. The highest BCUT2D eigenvalue weighted by Crippen LogP contribution is 2.33. The first-order valence-electron chi connectivity index (χ1n) is 12.1. The van der Waals surface area contributed by atoms with E-state index in [0.29, 0.717) is 40.2 Å². The third-order valence-corrected chi connectivity index (χ3v) is 6.14. The summed E-state index contributed by atoms with van der Waals surface area (Å²) < 4.78 is 18.6. The summed E-state index contributed by atoms with van der Waals surface area (Å²) in [6.45, 7) is 11.2. The molecule has 0 N–H and O–H groups in total. The van der Waals surface area contributed by atoms with Crippen LogP contribution in [-0.4, -0.2) is 41.7 Å². The van der Waals surface area contributed by atoms with E-state index >= 15 is 0 Å². The van der Waals surface area contributed by atoms with Gasteiger partial charge in [0, 0.05) is 16.0 Å². The molecule has 1 heterocycles. The highest BCUT2D eigenvalue weighted by Gasteiger charge is 2.17. The average Bonchev–Trinajstić information content (AvgIpc) is 2.86. The van der Waals surface area contributed by atoms with Crippen molar-refractivity contribution in [2.75, 3.05) is 13.7 Å². The summed E-state index contributed by atoms with van der Waals surface area (Å²) in [4.78, 5) is 30.2. The minimum Gasteiger partial charge on any atom is -0.493 e. The number of methoxy groups -OCH3 is 1. The Bertz CT molecular complexity index is 1380. The van der Waals surface area contributed by atoms with E-state index in [1.165, 1.54) is 11.8 Å². The third kappa shape index (κ3) is 6.85. The smallest absolute Gasteiger partial charge is 0.344 e. The molecule has 2 aromatic carbocycles. The van der Waals surface area contributed by atoms with Crippen LogP contribution in [0.4, 0.5) is 0 Å². The van der Waals surface area contributed by atoms with E-state index in [0.717, 1.165) is 16.5 Å². The summed E-state index contributed by atoms with van der Waals surface area (Å²) in [5, 5.41) is 5.02. The van der Waals surface area contributed by atoms with Crippen molar-refractivity contribution in [3.8, 4) is 11.5 Å². The molecule has 0 fully saturated rings. The van der Waals surface area contributed by atoms with Gasteiger partial charge in [0.2, 0.25) is 0 Å². The van der Waals surface area contributed by atoms with Crippen LogP contribution in [0.15, 0.2) is 57.4 Å². The summed E-state index contributed by atoms with van der Waals surface area (Å²) in [6, 6.07) is 9.03. The number of rotatable bonds is 11. The molecule has 37 heavy (non-hydrogen) atoms. The number of aromatic nitrogens is 2. The Labute approximate surface area is 225 Å². The Morgan fingerprint density at radius 3 is 2.65 bits per heavy atom. The molecule has 0 aliphatic heterocycles. The van der Waals surface area contributed by atoms with Crippen molar-refractivity contribution in [1.29, 1.82) is 0 Å². The van der Waals surface area contributed by atoms with Gasteiger partial charge in [0.15, 0.2) is 18.1 Å². The van der Waals surface area contributed by atoms with Gasteiger partial charge < -0.3 is 14.2 Å². The second-order valence-electron chi connectivity index (χ2n) is 8.83. The van der Waals surface area contributed by atoms with Gasteiger partial charge in [0.05, 0.1) is 30.3 Å². The average molecular weight is 570 g/mol. The van der Waals surface area contributed by atoms with E-state index in [9.17, 15) is 9.59 Å². The van der Waals surface area contributed by atoms with Crippen LogP contribution in [0, 0.1) is 0 Å². The number of allylic oxidation sites excluding steroid dienone is 1. The maximum Gasteiger partial charge on any atom is 0.344 e. The fraction of sp³-hybridized carbons (Fsp3) is 0.357.